The molecule has 0 aromatic carbocycles. The van der Waals surface area contributed by atoms with E-state index >= 15 is 0 Å². The highest BCUT2D eigenvalue weighted by molar-refractivity contribution is 5.34. The highest BCUT2D eigenvalue weighted by Crippen LogP contribution is 2.40. The van der Waals surface area contributed by atoms with Gasteiger partial charge in [0.05, 0.1) is 0 Å². The number of nitrogens with zero attached hydrogens (tertiary/aromatic N) is 1. The fourth-order valence-electron chi connectivity index (χ4n) is 2.99. The number of terminal acetylenes is 1. The maximum Gasteiger partial charge on any atom is 0.0334 e. The van der Waals surface area contributed by atoms with E-state index in [1.165, 1.54) is 17.0 Å². The SMILES string of the molecule is C#CCCn1c(C)cc2c1CC(C)(C)CC2N. The first kappa shape index (κ1) is 12.3. The van der Waals surface area contributed by atoms with Crippen LogP contribution < -0.4 is 5.73 Å². The van der Waals surface area contributed by atoms with Crippen molar-refractivity contribution in [3.63, 3.8) is 0 Å². The zero-order chi connectivity index (χ0) is 12.6. The molecule has 2 rings (SSSR count). The normalized spacial score (nSPS) is 21.9. The Kier molecular flexibility index (Phi) is 3.05. The number of rotatable bonds is 2. The summed E-state index contributed by atoms with van der Waals surface area (Å²) in [7, 11) is 0. The van der Waals surface area contributed by atoms with Gasteiger partial charge in [-0.1, -0.05) is 13.8 Å². The fraction of sp³-hybridized carbons (Fsp3) is 0.600. The molecule has 17 heavy (non-hydrogen) atoms. The van der Waals surface area contributed by atoms with Gasteiger partial charge < -0.3 is 10.3 Å². The van der Waals surface area contributed by atoms with Gasteiger partial charge in [-0.3, -0.25) is 0 Å². The van der Waals surface area contributed by atoms with E-state index in [2.05, 4.69) is 37.3 Å². The molecule has 0 saturated heterocycles. The maximum absolute atomic E-state index is 6.28. The van der Waals surface area contributed by atoms with Gasteiger partial charge in [-0.05, 0) is 36.8 Å². The molecule has 2 N–H and O–H groups in total. The quantitative estimate of drug-likeness (QED) is 0.778. The Balaban J connectivity index is 2.40. The van der Waals surface area contributed by atoms with Crippen LogP contribution in [0.4, 0.5) is 0 Å². The van der Waals surface area contributed by atoms with Crippen molar-refractivity contribution in [3.05, 3.63) is 23.0 Å². The minimum atomic E-state index is 0.180. The zero-order valence-corrected chi connectivity index (χ0v) is 11.1. The molecule has 1 aliphatic rings. The third-order valence-corrected chi connectivity index (χ3v) is 3.75. The van der Waals surface area contributed by atoms with Crippen LogP contribution in [-0.2, 0) is 13.0 Å². The molecule has 1 unspecified atom stereocenters. The van der Waals surface area contributed by atoms with Crippen molar-refractivity contribution >= 4 is 0 Å². The van der Waals surface area contributed by atoms with Crippen LogP contribution in [0.15, 0.2) is 6.07 Å². The summed E-state index contributed by atoms with van der Waals surface area (Å²) in [6.45, 7) is 7.66. The van der Waals surface area contributed by atoms with Crippen molar-refractivity contribution in [3.8, 4) is 12.3 Å². The van der Waals surface area contributed by atoms with Gasteiger partial charge in [-0.15, -0.1) is 12.3 Å². The van der Waals surface area contributed by atoms with E-state index in [0.29, 0.717) is 5.41 Å². The summed E-state index contributed by atoms with van der Waals surface area (Å²) in [5.41, 5.74) is 10.6. The van der Waals surface area contributed by atoms with Gasteiger partial charge in [0, 0.05) is 30.4 Å². The average Bonchev–Trinajstić information content (AvgIpc) is 2.51. The second-order valence-electron chi connectivity index (χ2n) is 5.95. The summed E-state index contributed by atoms with van der Waals surface area (Å²) < 4.78 is 2.36. The summed E-state index contributed by atoms with van der Waals surface area (Å²) in [4.78, 5) is 0. The molecule has 92 valence electrons. The molecule has 1 aromatic rings. The first-order chi connectivity index (χ1) is 7.94. The summed E-state index contributed by atoms with van der Waals surface area (Å²) in [5.74, 6) is 2.72. The van der Waals surface area contributed by atoms with E-state index in [4.69, 9.17) is 12.2 Å². The van der Waals surface area contributed by atoms with Crippen LogP contribution >= 0.6 is 0 Å². The van der Waals surface area contributed by atoms with Crippen LogP contribution in [0.1, 0.15) is 49.7 Å². The standard InChI is InChI=1S/C15H22N2/c1-5-6-7-17-11(2)8-12-13(16)9-15(3,4)10-14(12)17/h1,8,13H,6-7,9-10,16H2,2-4H3. The topological polar surface area (TPSA) is 30.9 Å². The number of hydrogen-bond acceptors (Lipinski definition) is 1. The summed E-state index contributed by atoms with van der Waals surface area (Å²) in [6.07, 6.45) is 8.33. The summed E-state index contributed by atoms with van der Waals surface area (Å²) in [5, 5.41) is 0. The largest absolute Gasteiger partial charge is 0.348 e. The molecule has 0 fully saturated rings. The molecular weight excluding hydrogens is 208 g/mol. The predicted molar refractivity (Wildman–Crippen MR) is 71.6 cm³/mol. The Morgan fingerprint density at radius 2 is 2.29 bits per heavy atom. The monoisotopic (exact) mass is 230 g/mol. The molecule has 0 spiro atoms. The molecule has 1 aromatic heterocycles. The lowest BCUT2D eigenvalue weighted by atomic mass is 9.74. The molecule has 0 radical (unpaired) electrons. The van der Waals surface area contributed by atoms with Crippen molar-refractivity contribution in [2.75, 3.05) is 0 Å². The van der Waals surface area contributed by atoms with Crippen LogP contribution in [0.5, 0.6) is 0 Å². The van der Waals surface area contributed by atoms with Gasteiger partial charge >= 0.3 is 0 Å². The number of hydrogen-bond donors (Lipinski definition) is 1. The van der Waals surface area contributed by atoms with Crippen LogP contribution in [0.2, 0.25) is 0 Å². The van der Waals surface area contributed by atoms with Crippen LogP contribution in [0.3, 0.4) is 0 Å². The van der Waals surface area contributed by atoms with Crippen LogP contribution in [-0.4, -0.2) is 4.57 Å². The Hall–Kier alpha value is -1.20. The average molecular weight is 230 g/mol. The molecule has 0 aliphatic heterocycles. The van der Waals surface area contributed by atoms with Crippen LogP contribution in [0, 0.1) is 24.7 Å². The lowest BCUT2D eigenvalue weighted by Gasteiger charge is -2.34. The highest BCUT2D eigenvalue weighted by atomic mass is 15.0. The lowest BCUT2D eigenvalue weighted by molar-refractivity contribution is 0.275. The van der Waals surface area contributed by atoms with E-state index < -0.39 is 0 Å². The van der Waals surface area contributed by atoms with E-state index in [1.807, 2.05) is 0 Å². The fourth-order valence-corrected chi connectivity index (χ4v) is 2.99. The van der Waals surface area contributed by atoms with Gasteiger partial charge in [0.15, 0.2) is 0 Å². The summed E-state index contributed by atoms with van der Waals surface area (Å²) >= 11 is 0. The zero-order valence-electron chi connectivity index (χ0n) is 11.1. The predicted octanol–water partition coefficient (Wildman–Crippen LogP) is 2.79. The number of aromatic nitrogens is 1. The molecule has 1 aliphatic carbocycles. The van der Waals surface area contributed by atoms with E-state index in [1.54, 1.807) is 0 Å². The van der Waals surface area contributed by atoms with Gasteiger partial charge in [-0.2, -0.15) is 0 Å². The smallest absolute Gasteiger partial charge is 0.0334 e. The van der Waals surface area contributed by atoms with Crippen LogP contribution in [0.25, 0.3) is 0 Å². The lowest BCUT2D eigenvalue weighted by Crippen LogP contribution is -2.30. The molecule has 0 saturated carbocycles. The van der Waals surface area contributed by atoms with Crippen molar-refractivity contribution in [1.29, 1.82) is 0 Å². The number of nitrogens with two attached hydrogens (primary N) is 1. The Morgan fingerprint density at radius 1 is 1.59 bits per heavy atom. The number of fused-ring (bicyclic) bond motifs is 1. The van der Waals surface area contributed by atoms with Gasteiger partial charge in [0.2, 0.25) is 0 Å². The van der Waals surface area contributed by atoms with Crippen molar-refractivity contribution < 1.29 is 0 Å². The minimum Gasteiger partial charge on any atom is -0.348 e. The third kappa shape index (κ3) is 2.25. The molecule has 0 amide bonds. The number of aryl methyl sites for hydroxylation is 1. The molecular formula is C15H22N2. The van der Waals surface area contributed by atoms with Crippen molar-refractivity contribution in [2.24, 2.45) is 11.1 Å². The van der Waals surface area contributed by atoms with E-state index in [9.17, 15) is 0 Å². The Morgan fingerprint density at radius 3 is 2.94 bits per heavy atom. The highest BCUT2D eigenvalue weighted by Gasteiger charge is 2.32. The minimum absolute atomic E-state index is 0.180. The molecule has 0 bridgehead atoms. The summed E-state index contributed by atoms with van der Waals surface area (Å²) in [6, 6.07) is 2.42. The molecule has 2 heteroatoms. The van der Waals surface area contributed by atoms with Crippen molar-refractivity contribution in [2.45, 2.75) is 52.6 Å². The molecule has 1 atom stereocenters. The Labute approximate surface area is 104 Å². The molecule has 1 heterocycles. The first-order valence-corrected chi connectivity index (χ1v) is 6.32. The second kappa shape index (κ2) is 4.23. The Bertz CT molecular complexity index is 460. The van der Waals surface area contributed by atoms with Crippen molar-refractivity contribution in [1.82, 2.24) is 4.57 Å². The van der Waals surface area contributed by atoms with Gasteiger partial charge in [0.25, 0.3) is 0 Å². The van der Waals surface area contributed by atoms with E-state index in [-0.39, 0.29) is 6.04 Å². The third-order valence-electron chi connectivity index (χ3n) is 3.75. The molecule has 2 nitrogen and oxygen atoms in total. The van der Waals surface area contributed by atoms with Gasteiger partial charge in [0.1, 0.15) is 0 Å². The van der Waals surface area contributed by atoms with Gasteiger partial charge in [-0.25, -0.2) is 0 Å². The first-order valence-electron chi connectivity index (χ1n) is 6.32. The van der Waals surface area contributed by atoms with E-state index in [0.717, 1.165) is 25.8 Å². The maximum atomic E-state index is 6.28. The second-order valence-corrected chi connectivity index (χ2v) is 5.95.